The van der Waals surface area contributed by atoms with Gasteiger partial charge < -0.3 is 20.1 Å². The van der Waals surface area contributed by atoms with Crippen LogP contribution in [0.4, 0.5) is 5.69 Å². The van der Waals surface area contributed by atoms with E-state index in [-0.39, 0.29) is 24.5 Å². The molecular weight excluding hydrogens is 442 g/mol. The number of amides is 1. The highest BCUT2D eigenvalue weighted by atomic mass is 32.1. The molecule has 6 nitrogen and oxygen atoms in total. The van der Waals surface area contributed by atoms with Crippen molar-refractivity contribution in [1.29, 1.82) is 0 Å². The van der Waals surface area contributed by atoms with Crippen molar-refractivity contribution in [2.24, 2.45) is 0 Å². The first-order valence-electron chi connectivity index (χ1n) is 12.0. The van der Waals surface area contributed by atoms with E-state index in [1.54, 1.807) is 0 Å². The second-order valence-electron chi connectivity index (χ2n) is 9.30. The standard InChI is InChI=1S/C27H31N5OS/c1-18-16-22(19(2)32(18)21-12-6-7-13-21)26-25(23-14-8-9-15-28-23)30-27(34)31(26)17-24(33)29-20-10-4-3-5-11-20/h3-5,8-11,14-16,21,25-26H,6-7,12-13,17H2,1-2H3,(H,29,33)(H,30,34)/t25-,26-/m1/s1. The fourth-order valence-electron chi connectivity index (χ4n) is 5.62. The van der Waals surface area contributed by atoms with Gasteiger partial charge in [0.1, 0.15) is 6.54 Å². The third-order valence-corrected chi connectivity index (χ3v) is 7.45. The van der Waals surface area contributed by atoms with Gasteiger partial charge in [0.25, 0.3) is 0 Å². The Labute approximate surface area is 206 Å². The van der Waals surface area contributed by atoms with Crippen LogP contribution < -0.4 is 10.6 Å². The zero-order chi connectivity index (χ0) is 23.7. The zero-order valence-corrected chi connectivity index (χ0v) is 20.5. The van der Waals surface area contributed by atoms with Crippen molar-refractivity contribution >= 4 is 28.9 Å². The molecule has 0 bridgehead atoms. The Morgan fingerprint density at radius 2 is 1.85 bits per heavy atom. The number of aromatic nitrogens is 2. The van der Waals surface area contributed by atoms with Crippen LogP contribution >= 0.6 is 12.2 Å². The third-order valence-electron chi connectivity index (χ3n) is 7.10. The number of carbonyl (C=O) groups excluding carboxylic acids is 1. The van der Waals surface area contributed by atoms with Gasteiger partial charge in [-0.3, -0.25) is 9.78 Å². The molecule has 2 aromatic heterocycles. The minimum atomic E-state index is -0.129. The number of thiocarbonyl (C=S) groups is 1. The lowest BCUT2D eigenvalue weighted by Crippen LogP contribution is -2.37. The zero-order valence-electron chi connectivity index (χ0n) is 19.7. The molecular formula is C27H31N5OS. The molecule has 34 heavy (non-hydrogen) atoms. The highest BCUT2D eigenvalue weighted by Crippen LogP contribution is 2.42. The van der Waals surface area contributed by atoms with E-state index >= 15 is 0 Å². The normalized spacial score (nSPS) is 20.5. The Balaban J connectivity index is 1.50. The number of carbonyl (C=O) groups is 1. The van der Waals surface area contributed by atoms with Crippen molar-refractivity contribution in [3.8, 4) is 0 Å². The van der Waals surface area contributed by atoms with E-state index in [4.69, 9.17) is 12.2 Å². The van der Waals surface area contributed by atoms with Crippen molar-refractivity contribution < 1.29 is 4.79 Å². The number of aryl methyl sites for hydroxylation is 1. The minimum Gasteiger partial charge on any atom is -0.352 e. The van der Waals surface area contributed by atoms with Crippen LogP contribution in [-0.2, 0) is 4.79 Å². The fourth-order valence-corrected chi connectivity index (χ4v) is 5.92. The summed E-state index contributed by atoms with van der Waals surface area (Å²) in [5.41, 5.74) is 5.44. The molecule has 1 amide bonds. The predicted molar refractivity (Wildman–Crippen MR) is 139 cm³/mol. The number of rotatable bonds is 6. The summed E-state index contributed by atoms with van der Waals surface area (Å²) in [5.74, 6) is -0.0911. The Bertz CT molecular complexity index is 1170. The first-order chi connectivity index (χ1) is 16.5. The number of anilines is 1. The van der Waals surface area contributed by atoms with Crippen LogP contribution in [0.1, 0.15) is 66.5 Å². The van der Waals surface area contributed by atoms with E-state index in [1.165, 1.54) is 42.6 Å². The van der Waals surface area contributed by atoms with Crippen molar-refractivity contribution in [2.45, 2.75) is 57.7 Å². The average Bonchev–Trinajstić information content (AvgIpc) is 3.54. The maximum Gasteiger partial charge on any atom is 0.244 e. The SMILES string of the molecule is Cc1cc([C@@H]2[C@@H](c3ccccn3)NC(=S)N2CC(=O)Nc2ccccc2)c(C)n1C1CCCC1. The molecule has 2 N–H and O–H groups in total. The number of hydrogen-bond acceptors (Lipinski definition) is 3. The summed E-state index contributed by atoms with van der Waals surface area (Å²) >= 11 is 5.77. The third kappa shape index (κ3) is 4.32. The molecule has 2 fully saturated rings. The molecule has 1 saturated carbocycles. The van der Waals surface area contributed by atoms with Crippen LogP contribution in [0.2, 0.25) is 0 Å². The molecule has 176 valence electrons. The van der Waals surface area contributed by atoms with Crippen LogP contribution in [0.15, 0.2) is 60.8 Å². The molecule has 0 unspecified atom stereocenters. The van der Waals surface area contributed by atoms with E-state index in [2.05, 4.69) is 40.1 Å². The Morgan fingerprint density at radius 3 is 2.56 bits per heavy atom. The lowest BCUT2D eigenvalue weighted by molar-refractivity contribution is -0.116. The summed E-state index contributed by atoms with van der Waals surface area (Å²) in [4.78, 5) is 19.7. The number of para-hydroxylation sites is 1. The summed E-state index contributed by atoms with van der Waals surface area (Å²) < 4.78 is 2.50. The van der Waals surface area contributed by atoms with Gasteiger partial charge in [0.15, 0.2) is 5.11 Å². The van der Waals surface area contributed by atoms with Crippen LogP contribution in [0.25, 0.3) is 0 Å². The van der Waals surface area contributed by atoms with Gasteiger partial charge >= 0.3 is 0 Å². The largest absolute Gasteiger partial charge is 0.352 e. The summed E-state index contributed by atoms with van der Waals surface area (Å²) in [6.45, 7) is 4.57. The second-order valence-corrected chi connectivity index (χ2v) is 9.69. The van der Waals surface area contributed by atoms with Gasteiger partial charge in [-0.05, 0) is 74.8 Å². The van der Waals surface area contributed by atoms with Crippen molar-refractivity contribution in [1.82, 2.24) is 19.8 Å². The van der Waals surface area contributed by atoms with Crippen LogP contribution in [0.5, 0.6) is 0 Å². The smallest absolute Gasteiger partial charge is 0.244 e. The maximum absolute atomic E-state index is 13.0. The first-order valence-corrected chi connectivity index (χ1v) is 12.4. The molecule has 0 spiro atoms. The Morgan fingerprint density at radius 1 is 1.12 bits per heavy atom. The summed E-state index contributed by atoms with van der Waals surface area (Å²) in [5, 5.41) is 7.05. The van der Waals surface area contributed by atoms with Gasteiger partial charge in [0, 0.05) is 29.3 Å². The molecule has 1 saturated heterocycles. The minimum absolute atomic E-state index is 0.0911. The molecule has 1 aromatic carbocycles. The van der Waals surface area contributed by atoms with Crippen molar-refractivity contribution in [2.75, 3.05) is 11.9 Å². The predicted octanol–water partition coefficient (Wildman–Crippen LogP) is 5.23. The Kier molecular flexibility index (Phi) is 6.37. The van der Waals surface area contributed by atoms with E-state index in [9.17, 15) is 4.79 Å². The van der Waals surface area contributed by atoms with Crippen molar-refractivity contribution in [3.05, 3.63) is 83.4 Å². The fraction of sp³-hybridized carbons (Fsp3) is 0.370. The molecule has 2 aliphatic rings. The van der Waals surface area contributed by atoms with Gasteiger partial charge in [-0.1, -0.05) is 37.1 Å². The van der Waals surface area contributed by atoms with Gasteiger partial charge in [0.2, 0.25) is 5.91 Å². The molecule has 1 aliphatic heterocycles. The van der Waals surface area contributed by atoms with E-state index in [0.717, 1.165) is 11.4 Å². The van der Waals surface area contributed by atoms with Gasteiger partial charge in [0.05, 0.1) is 17.8 Å². The molecule has 2 atom stereocenters. The van der Waals surface area contributed by atoms with E-state index in [0.29, 0.717) is 11.2 Å². The lowest BCUT2D eigenvalue weighted by Gasteiger charge is -2.28. The molecule has 0 radical (unpaired) electrons. The lowest BCUT2D eigenvalue weighted by atomic mass is 9.96. The topological polar surface area (TPSA) is 62.2 Å². The molecule has 3 heterocycles. The first kappa shape index (κ1) is 22.6. The maximum atomic E-state index is 13.0. The number of benzene rings is 1. The number of pyridine rings is 1. The van der Waals surface area contributed by atoms with E-state index in [1.807, 2.05) is 59.6 Å². The number of nitrogens with one attached hydrogen (secondary N) is 2. The highest BCUT2D eigenvalue weighted by molar-refractivity contribution is 7.80. The molecule has 5 rings (SSSR count). The Hall–Kier alpha value is -3.19. The number of hydrogen-bond donors (Lipinski definition) is 2. The summed E-state index contributed by atoms with van der Waals surface area (Å²) in [6, 6.07) is 18.1. The second kappa shape index (κ2) is 9.58. The quantitative estimate of drug-likeness (QED) is 0.480. The van der Waals surface area contributed by atoms with Gasteiger partial charge in [-0.25, -0.2) is 0 Å². The van der Waals surface area contributed by atoms with Crippen LogP contribution in [0.3, 0.4) is 0 Å². The number of nitrogens with zero attached hydrogens (tertiary/aromatic N) is 3. The van der Waals surface area contributed by atoms with Gasteiger partial charge in [-0.2, -0.15) is 0 Å². The van der Waals surface area contributed by atoms with Crippen molar-refractivity contribution in [3.63, 3.8) is 0 Å². The van der Waals surface area contributed by atoms with Crippen LogP contribution in [0, 0.1) is 13.8 Å². The molecule has 1 aliphatic carbocycles. The van der Waals surface area contributed by atoms with E-state index < -0.39 is 0 Å². The van der Waals surface area contributed by atoms with Gasteiger partial charge in [-0.15, -0.1) is 0 Å². The summed E-state index contributed by atoms with van der Waals surface area (Å²) in [7, 11) is 0. The molecule has 3 aromatic rings. The summed E-state index contributed by atoms with van der Waals surface area (Å²) in [6.07, 6.45) is 6.83. The van der Waals surface area contributed by atoms with Crippen LogP contribution in [-0.4, -0.2) is 32.0 Å². The average molecular weight is 474 g/mol. The highest BCUT2D eigenvalue weighted by Gasteiger charge is 2.42. The monoisotopic (exact) mass is 473 g/mol. The molecule has 7 heteroatoms.